The minimum absolute atomic E-state index is 0.327. The Morgan fingerprint density at radius 2 is 1.65 bits per heavy atom. The Morgan fingerprint density at radius 1 is 0.900 bits per heavy atom. The standard InChI is InChI=1S/C16H12N2O2/c17-12-7-4-8-13(9-12)18-15(19)10-14(16(18)20)11-5-2-1-3-6-11/h1-10H,17H2. The molecule has 0 unspecified atom stereocenters. The van der Waals surface area contributed by atoms with Gasteiger partial charge < -0.3 is 5.73 Å². The van der Waals surface area contributed by atoms with E-state index in [0.717, 1.165) is 10.5 Å². The summed E-state index contributed by atoms with van der Waals surface area (Å²) in [6.45, 7) is 0. The Hall–Kier alpha value is -2.88. The lowest BCUT2D eigenvalue weighted by Gasteiger charge is -2.15. The quantitative estimate of drug-likeness (QED) is 0.668. The lowest BCUT2D eigenvalue weighted by atomic mass is 10.1. The average molecular weight is 264 g/mol. The largest absolute Gasteiger partial charge is 0.399 e. The fraction of sp³-hybridized carbons (Fsp3) is 0. The summed E-state index contributed by atoms with van der Waals surface area (Å²) >= 11 is 0. The van der Waals surface area contributed by atoms with Crippen LogP contribution >= 0.6 is 0 Å². The third-order valence-corrected chi connectivity index (χ3v) is 3.13. The number of rotatable bonds is 2. The van der Waals surface area contributed by atoms with Crippen molar-refractivity contribution in [3.63, 3.8) is 0 Å². The van der Waals surface area contributed by atoms with Crippen LogP contribution in [0.5, 0.6) is 0 Å². The van der Waals surface area contributed by atoms with E-state index >= 15 is 0 Å². The second kappa shape index (κ2) is 4.66. The summed E-state index contributed by atoms with van der Waals surface area (Å²) < 4.78 is 0. The Kier molecular flexibility index (Phi) is 2.84. The van der Waals surface area contributed by atoms with Crippen molar-refractivity contribution in [1.29, 1.82) is 0 Å². The molecule has 1 heterocycles. The van der Waals surface area contributed by atoms with E-state index in [4.69, 9.17) is 5.73 Å². The van der Waals surface area contributed by atoms with Gasteiger partial charge in [-0.1, -0.05) is 36.4 Å². The topological polar surface area (TPSA) is 63.4 Å². The molecule has 0 aromatic heterocycles. The molecule has 20 heavy (non-hydrogen) atoms. The SMILES string of the molecule is Nc1cccc(N2C(=O)C=C(c3ccccc3)C2=O)c1. The fourth-order valence-corrected chi connectivity index (χ4v) is 2.20. The number of hydrogen-bond acceptors (Lipinski definition) is 3. The van der Waals surface area contributed by atoms with Crippen molar-refractivity contribution in [3.8, 4) is 0 Å². The Morgan fingerprint density at radius 3 is 2.35 bits per heavy atom. The number of anilines is 2. The molecule has 0 spiro atoms. The molecule has 1 aliphatic rings. The molecular formula is C16H12N2O2. The monoisotopic (exact) mass is 264 g/mol. The predicted molar refractivity (Wildman–Crippen MR) is 77.8 cm³/mol. The number of amides is 2. The molecule has 0 fully saturated rings. The number of nitrogens with zero attached hydrogens (tertiary/aromatic N) is 1. The molecule has 4 heteroatoms. The molecule has 98 valence electrons. The lowest BCUT2D eigenvalue weighted by molar-refractivity contribution is -0.119. The average Bonchev–Trinajstić information content (AvgIpc) is 2.75. The van der Waals surface area contributed by atoms with E-state index < -0.39 is 0 Å². The minimum Gasteiger partial charge on any atom is -0.399 e. The van der Waals surface area contributed by atoms with E-state index in [2.05, 4.69) is 0 Å². The first kappa shape index (κ1) is 12.2. The van der Waals surface area contributed by atoms with Gasteiger partial charge in [-0.3, -0.25) is 9.59 Å². The maximum Gasteiger partial charge on any atom is 0.266 e. The summed E-state index contributed by atoms with van der Waals surface area (Å²) in [5, 5.41) is 0. The van der Waals surface area contributed by atoms with Crippen molar-refractivity contribution in [1.82, 2.24) is 0 Å². The zero-order valence-electron chi connectivity index (χ0n) is 10.6. The first-order valence-electron chi connectivity index (χ1n) is 6.18. The van der Waals surface area contributed by atoms with Gasteiger partial charge in [0, 0.05) is 11.8 Å². The summed E-state index contributed by atoms with van der Waals surface area (Å²) in [6.07, 6.45) is 1.36. The van der Waals surface area contributed by atoms with E-state index in [1.807, 2.05) is 18.2 Å². The van der Waals surface area contributed by atoms with Crippen LogP contribution in [0.3, 0.4) is 0 Å². The van der Waals surface area contributed by atoms with E-state index in [-0.39, 0.29) is 11.8 Å². The number of carbonyl (C=O) groups excluding carboxylic acids is 2. The first-order valence-corrected chi connectivity index (χ1v) is 6.18. The highest BCUT2D eigenvalue weighted by Gasteiger charge is 2.32. The normalized spacial score (nSPS) is 14.6. The van der Waals surface area contributed by atoms with Crippen molar-refractivity contribution in [2.45, 2.75) is 0 Å². The predicted octanol–water partition coefficient (Wildman–Crippen LogP) is 2.23. The van der Waals surface area contributed by atoms with Crippen molar-refractivity contribution < 1.29 is 9.59 Å². The highest BCUT2D eigenvalue weighted by atomic mass is 16.2. The van der Waals surface area contributed by atoms with E-state index in [9.17, 15) is 9.59 Å². The van der Waals surface area contributed by atoms with E-state index in [0.29, 0.717) is 16.9 Å². The van der Waals surface area contributed by atoms with Gasteiger partial charge >= 0.3 is 0 Å². The maximum absolute atomic E-state index is 12.4. The second-order valence-corrected chi connectivity index (χ2v) is 4.50. The molecule has 0 atom stereocenters. The highest BCUT2D eigenvalue weighted by Crippen LogP contribution is 2.28. The van der Waals surface area contributed by atoms with Crippen molar-refractivity contribution in [2.75, 3.05) is 10.6 Å². The zero-order chi connectivity index (χ0) is 14.1. The Labute approximate surface area is 116 Å². The molecule has 3 rings (SSSR count). The molecule has 4 nitrogen and oxygen atoms in total. The van der Waals surface area contributed by atoms with Gasteiger partial charge in [0.25, 0.3) is 11.8 Å². The molecule has 2 N–H and O–H groups in total. The van der Waals surface area contributed by atoms with Gasteiger partial charge in [0.2, 0.25) is 0 Å². The fourth-order valence-electron chi connectivity index (χ4n) is 2.20. The van der Waals surface area contributed by atoms with Crippen LogP contribution in [0.4, 0.5) is 11.4 Å². The number of nitrogens with two attached hydrogens (primary N) is 1. The van der Waals surface area contributed by atoms with Gasteiger partial charge in [0.15, 0.2) is 0 Å². The van der Waals surface area contributed by atoms with Crippen LogP contribution in [0.15, 0.2) is 60.7 Å². The summed E-state index contributed by atoms with van der Waals surface area (Å²) in [4.78, 5) is 25.6. The maximum atomic E-state index is 12.4. The Bertz CT molecular complexity index is 720. The summed E-state index contributed by atoms with van der Waals surface area (Å²) in [7, 11) is 0. The number of hydrogen-bond donors (Lipinski definition) is 1. The highest BCUT2D eigenvalue weighted by molar-refractivity contribution is 6.43. The van der Waals surface area contributed by atoms with Crippen LogP contribution in [-0.2, 0) is 9.59 Å². The molecule has 2 amide bonds. The number of benzene rings is 2. The first-order chi connectivity index (χ1) is 9.66. The molecule has 0 saturated heterocycles. The molecule has 0 radical (unpaired) electrons. The molecule has 0 aliphatic carbocycles. The van der Waals surface area contributed by atoms with Crippen LogP contribution in [0.1, 0.15) is 5.56 Å². The smallest absolute Gasteiger partial charge is 0.266 e. The third-order valence-electron chi connectivity index (χ3n) is 3.13. The molecule has 2 aromatic rings. The minimum atomic E-state index is -0.348. The Balaban J connectivity index is 1.99. The number of carbonyl (C=O) groups is 2. The molecule has 1 aliphatic heterocycles. The lowest BCUT2D eigenvalue weighted by Crippen LogP contribution is -2.30. The summed E-state index contributed by atoms with van der Waals surface area (Å²) in [5.74, 6) is -0.675. The van der Waals surface area contributed by atoms with Crippen molar-refractivity contribution in [3.05, 3.63) is 66.2 Å². The third kappa shape index (κ3) is 1.97. The van der Waals surface area contributed by atoms with Gasteiger partial charge in [-0.25, -0.2) is 4.90 Å². The van der Waals surface area contributed by atoms with Gasteiger partial charge in [-0.15, -0.1) is 0 Å². The number of imide groups is 1. The number of nitrogen functional groups attached to an aromatic ring is 1. The van der Waals surface area contributed by atoms with Gasteiger partial charge in [0.05, 0.1) is 11.3 Å². The van der Waals surface area contributed by atoms with Crippen molar-refractivity contribution >= 4 is 28.8 Å². The van der Waals surface area contributed by atoms with Gasteiger partial charge in [-0.2, -0.15) is 0 Å². The molecule has 0 saturated carbocycles. The van der Waals surface area contributed by atoms with Crippen LogP contribution in [0.2, 0.25) is 0 Å². The second-order valence-electron chi connectivity index (χ2n) is 4.50. The molecular weight excluding hydrogens is 252 g/mol. The van der Waals surface area contributed by atoms with Gasteiger partial charge in [-0.05, 0) is 23.8 Å². The van der Waals surface area contributed by atoms with Crippen molar-refractivity contribution in [2.24, 2.45) is 0 Å². The van der Waals surface area contributed by atoms with Gasteiger partial charge in [0.1, 0.15) is 0 Å². The van der Waals surface area contributed by atoms with Crippen LogP contribution in [0.25, 0.3) is 5.57 Å². The molecule has 2 aromatic carbocycles. The van der Waals surface area contributed by atoms with Crippen LogP contribution in [-0.4, -0.2) is 11.8 Å². The summed E-state index contributed by atoms with van der Waals surface area (Å²) in [5.41, 5.74) is 7.83. The molecule has 0 bridgehead atoms. The zero-order valence-corrected chi connectivity index (χ0v) is 10.6. The van der Waals surface area contributed by atoms with Crippen LogP contribution < -0.4 is 10.6 Å². The van der Waals surface area contributed by atoms with Crippen LogP contribution in [0, 0.1) is 0 Å². The summed E-state index contributed by atoms with van der Waals surface area (Å²) in [6, 6.07) is 15.9. The van der Waals surface area contributed by atoms with E-state index in [1.54, 1.807) is 36.4 Å². The van der Waals surface area contributed by atoms with E-state index in [1.165, 1.54) is 6.08 Å².